The summed E-state index contributed by atoms with van der Waals surface area (Å²) in [6.07, 6.45) is 0.566. The molecule has 0 bridgehead atoms. The van der Waals surface area contributed by atoms with Crippen molar-refractivity contribution in [1.82, 2.24) is 4.90 Å². The van der Waals surface area contributed by atoms with Crippen molar-refractivity contribution >= 4 is 29.1 Å². The maximum Gasteiger partial charge on any atom is 0.255 e. The smallest absolute Gasteiger partial charge is 0.255 e. The van der Waals surface area contributed by atoms with Gasteiger partial charge in [-0.2, -0.15) is 0 Å². The number of amides is 3. The van der Waals surface area contributed by atoms with Gasteiger partial charge in [0.15, 0.2) is 0 Å². The SMILES string of the molecule is CCN(c1ccc(NC(=O)c2ccc(CN3C(=O)CCC3=O)cc2)cc1)C(C)C. The second-order valence-corrected chi connectivity index (χ2v) is 7.45. The lowest BCUT2D eigenvalue weighted by atomic mass is 10.1. The average Bonchev–Trinajstić information content (AvgIpc) is 3.02. The lowest BCUT2D eigenvalue weighted by Crippen LogP contribution is -2.30. The first-order chi connectivity index (χ1) is 13.9. The van der Waals surface area contributed by atoms with Gasteiger partial charge in [0.25, 0.3) is 5.91 Å². The Morgan fingerprint density at radius 3 is 2.10 bits per heavy atom. The van der Waals surface area contributed by atoms with Gasteiger partial charge in [-0.25, -0.2) is 0 Å². The minimum atomic E-state index is -0.200. The van der Waals surface area contributed by atoms with Crippen molar-refractivity contribution in [3.05, 3.63) is 59.7 Å². The van der Waals surface area contributed by atoms with Crippen molar-refractivity contribution in [3.8, 4) is 0 Å². The van der Waals surface area contributed by atoms with E-state index < -0.39 is 0 Å². The van der Waals surface area contributed by atoms with Crippen molar-refractivity contribution in [3.63, 3.8) is 0 Å². The van der Waals surface area contributed by atoms with Crippen LogP contribution in [0, 0.1) is 0 Å². The summed E-state index contributed by atoms with van der Waals surface area (Å²) in [4.78, 5) is 39.5. The molecular formula is C23H27N3O3. The number of hydrogen-bond acceptors (Lipinski definition) is 4. The first-order valence-electron chi connectivity index (χ1n) is 9.99. The molecule has 0 spiro atoms. The predicted molar refractivity (Wildman–Crippen MR) is 114 cm³/mol. The van der Waals surface area contributed by atoms with Gasteiger partial charge in [0, 0.05) is 42.4 Å². The molecule has 1 aliphatic heterocycles. The van der Waals surface area contributed by atoms with Gasteiger partial charge in [-0.3, -0.25) is 19.3 Å². The number of rotatable bonds is 7. The summed E-state index contributed by atoms with van der Waals surface area (Å²) in [7, 11) is 0. The first-order valence-corrected chi connectivity index (χ1v) is 9.99. The van der Waals surface area contributed by atoms with Gasteiger partial charge >= 0.3 is 0 Å². The second-order valence-electron chi connectivity index (χ2n) is 7.45. The minimum absolute atomic E-state index is 0.139. The van der Waals surface area contributed by atoms with E-state index in [1.54, 1.807) is 24.3 Å². The summed E-state index contributed by atoms with van der Waals surface area (Å²) < 4.78 is 0. The van der Waals surface area contributed by atoms with Gasteiger partial charge in [0.05, 0.1) is 6.54 Å². The zero-order valence-electron chi connectivity index (χ0n) is 17.1. The lowest BCUT2D eigenvalue weighted by Gasteiger charge is -2.27. The normalized spacial score (nSPS) is 13.9. The fourth-order valence-electron chi connectivity index (χ4n) is 3.53. The molecule has 1 N–H and O–H groups in total. The summed E-state index contributed by atoms with van der Waals surface area (Å²) in [6, 6.07) is 15.2. The number of imide groups is 1. The molecule has 0 atom stereocenters. The van der Waals surface area contributed by atoms with Gasteiger partial charge < -0.3 is 10.2 Å². The summed E-state index contributed by atoms with van der Waals surface area (Å²) in [5, 5.41) is 2.90. The van der Waals surface area contributed by atoms with E-state index in [2.05, 4.69) is 31.0 Å². The number of benzene rings is 2. The number of anilines is 2. The van der Waals surface area contributed by atoms with Crippen LogP contribution in [-0.4, -0.2) is 35.2 Å². The molecule has 0 saturated carbocycles. The molecule has 6 heteroatoms. The van der Waals surface area contributed by atoms with Gasteiger partial charge in [-0.1, -0.05) is 12.1 Å². The third-order valence-electron chi connectivity index (χ3n) is 5.13. The maximum atomic E-state index is 12.5. The molecule has 0 radical (unpaired) electrons. The Balaban J connectivity index is 1.62. The van der Waals surface area contributed by atoms with E-state index in [-0.39, 0.29) is 37.1 Å². The quantitative estimate of drug-likeness (QED) is 0.726. The van der Waals surface area contributed by atoms with Crippen LogP contribution in [0.3, 0.4) is 0 Å². The van der Waals surface area contributed by atoms with Crippen LogP contribution in [0.2, 0.25) is 0 Å². The summed E-state index contributed by atoms with van der Waals surface area (Å²) in [5.41, 5.74) is 3.20. The molecule has 1 saturated heterocycles. The highest BCUT2D eigenvalue weighted by molar-refractivity contribution is 6.04. The molecule has 0 aromatic heterocycles. The lowest BCUT2D eigenvalue weighted by molar-refractivity contribution is -0.139. The monoisotopic (exact) mass is 393 g/mol. The first kappa shape index (κ1) is 20.6. The number of nitrogens with zero attached hydrogens (tertiary/aromatic N) is 2. The molecule has 3 rings (SSSR count). The molecule has 0 unspecified atom stereocenters. The maximum absolute atomic E-state index is 12.5. The van der Waals surface area contributed by atoms with Crippen molar-refractivity contribution in [2.24, 2.45) is 0 Å². The fraction of sp³-hybridized carbons (Fsp3) is 0.348. The Hall–Kier alpha value is -3.15. The van der Waals surface area contributed by atoms with E-state index >= 15 is 0 Å². The van der Waals surface area contributed by atoms with Gasteiger partial charge in [-0.05, 0) is 62.7 Å². The minimum Gasteiger partial charge on any atom is -0.369 e. The summed E-state index contributed by atoms with van der Waals surface area (Å²) in [6.45, 7) is 7.60. The Morgan fingerprint density at radius 1 is 1.00 bits per heavy atom. The third-order valence-corrected chi connectivity index (χ3v) is 5.13. The van der Waals surface area contributed by atoms with Crippen LogP contribution in [0.25, 0.3) is 0 Å². The highest BCUT2D eigenvalue weighted by atomic mass is 16.2. The van der Waals surface area contributed by atoms with E-state index in [0.29, 0.717) is 11.6 Å². The molecule has 1 heterocycles. The highest BCUT2D eigenvalue weighted by Gasteiger charge is 2.28. The number of carbonyl (C=O) groups is 3. The standard InChI is InChI=1S/C23H27N3O3/c1-4-25(16(2)3)20-11-9-19(10-12-20)24-23(29)18-7-5-17(6-8-18)15-26-21(27)13-14-22(26)28/h5-12,16H,4,13-15H2,1-3H3,(H,24,29). The number of nitrogens with one attached hydrogen (secondary N) is 1. The largest absolute Gasteiger partial charge is 0.369 e. The zero-order valence-corrected chi connectivity index (χ0v) is 17.1. The second kappa shape index (κ2) is 8.90. The predicted octanol–water partition coefficient (Wildman–Crippen LogP) is 3.82. The van der Waals surface area contributed by atoms with Gasteiger partial charge in [0.2, 0.25) is 11.8 Å². The average molecular weight is 393 g/mol. The van der Waals surface area contributed by atoms with Gasteiger partial charge in [-0.15, -0.1) is 0 Å². The number of carbonyl (C=O) groups excluding carboxylic acids is 3. The van der Waals surface area contributed by atoms with Crippen molar-refractivity contribution < 1.29 is 14.4 Å². The molecule has 29 heavy (non-hydrogen) atoms. The zero-order chi connectivity index (χ0) is 21.0. The molecule has 2 aromatic rings. The molecule has 2 aromatic carbocycles. The molecule has 6 nitrogen and oxygen atoms in total. The van der Waals surface area contributed by atoms with Crippen LogP contribution in [0.15, 0.2) is 48.5 Å². The molecule has 1 fully saturated rings. The van der Waals surface area contributed by atoms with Crippen molar-refractivity contribution in [1.29, 1.82) is 0 Å². The Morgan fingerprint density at radius 2 is 1.59 bits per heavy atom. The van der Waals surface area contributed by atoms with Crippen LogP contribution in [0.1, 0.15) is 49.5 Å². The van der Waals surface area contributed by atoms with Gasteiger partial charge in [0.1, 0.15) is 0 Å². The Kier molecular flexibility index (Phi) is 6.32. The molecular weight excluding hydrogens is 366 g/mol. The Bertz CT molecular complexity index is 873. The topological polar surface area (TPSA) is 69.7 Å². The van der Waals surface area contributed by atoms with E-state index in [1.165, 1.54) is 4.90 Å². The van der Waals surface area contributed by atoms with Crippen molar-refractivity contribution in [2.45, 2.75) is 46.2 Å². The van der Waals surface area contributed by atoms with Crippen LogP contribution < -0.4 is 10.2 Å². The van der Waals surface area contributed by atoms with Crippen molar-refractivity contribution in [2.75, 3.05) is 16.8 Å². The molecule has 3 amide bonds. The number of likely N-dealkylation sites (tertiary alicyclic amines) is 1. The fourth-order valence-corrected chi connectivity index (χ4v) is 3.53. The Labute approximate surface area is 171 Å². The van der Waals surface area contributed by atoms with Crippen LogP contribution in [0.5, 0.6) is 0 Å². The molecule has 0 aliphatic carbocycles. The molecule has 1 aliphatic rings. The van der Waals surface area contributed by atoms with Crippen LogP contribution in [0.4, 0.5) is 11.4 Å². The van der Waals surface area contributed by atoms with E-state index in [4.69, 9.17) is 0 Å². The third kappa shape index (κ3) is 4.83. The van der Waals surface area contributed by atoms with E-state index in [0.717, 1.165) is 23.5 Å². The van der Waals surface area contributed by atoms with E-state index in [1.807, 2.05) is 24.3 Å². The summed E-state index contributed by atoms with van der Waals surface area (Å²) in [5.74, 6) is -0.479. The van der Waals surface area contributed by atoms with Crippen LogP contribution in [-0.2, 0) is 16.1 Å². The summed E-state index contributed by atoms with van der Waals surface area (Å²) >= 11 is 0. The number of hydrogen-bond donors (Lipinski definition) is 1. The highest BCUT2D eigenvalue weighted by Crippen LogP contribution is 2.21. The van der Waals surface area contributed by atoms with E-state index in [9.17, 15) is 14.4 Å². The van der Waals surface area contributed by atoms with Crippen LogP contribution >= 0.6 is 0 Å². The molecule has 152 valence electrons.